The molecule has 17 heavy (non-hydrogen) atoms. The average Bonchev–Trinajstić information content (AvgIpc) is 2.96. The Morgan fingerprint density at radius 1 is 1.47 bits per heavy atom. The van der Waals surface area contributed by atoms with E-state index in [9.17, 15) is 4.79 Å². The fraction of sp³-hybridized carbons (Fsp3) is 0.923. The molecule has 0 radical (unpaired) electrons. The third-order valence-corrected chi connectivity index (χ3v) is 3.98. The lowest BCUT2D eigenvalue weighted by Crippen LogP contribution is -2.43. The molecule has 3 atom stereocenters. The number of rotatable bonds is 4. The maximum atomic E-state index is 12.4. The fourth-order valence-corrected chi connectivity index (χ4v) is 2.84. The van der Waals surface area contributed by atoms with Crippen LogP contribution in [0.1, 0.15) is 33.1 Å². The van der Waals surface area contributed by atoms with Gasteiger partial charge in [-0.05, 0) is 39.7 Å². The summed E-state index contributed by atoms with van der Waals surface area (Å²) in [6.45, 7) is 7.56. The molecule has 4 nitrogen and oxygen atoms in total. The monoisotopic (exact) mass is 240 g/mol. The number of carbonyl (C=O) groups is 1. The summed E-state index contributed by atoms with van der Waals surface area (Å²) in [6.07, 6.45) is 3.48. The zero-order chi connectivity index (χ0) is 12.3. The van der Waals surface area contributed by atoms with E-state index in [1.807, 2.05) is 4.90 Å². The van der Waals surface area contributed by atoms with Crippen molar-refractivity contribution in [3.63, 3.8) is 0 Å². The summed E-state index contributed by atoms with van der Waals surface area (Å²) in [6, 6.07) is 0.320. The molecule has 2 aliphatic heterocycles. The van der Waals surface area contributed by atoms with E-state index in [2.05, 4.69) is 19.2 Å². The van der Waals surface area contributed by atoms with Crippen molar-refractivity contribution in [1.82, 2.24) is 10.2 Å². The smallest absolute Gasteiger partial charge is 0.227 e. The number of hydrogen-bond donors (Lipinski definition) is 1. The van der Waals surface area contributed by atoms with Crippen molar-refractivity contribution in [2.24, 2.45) is 5.92 Å². The third kappa shape index (κ3) is 2.99. The Morgan fingerprint density at radius 2 is 2.29 bits per heavy atom. The first-order chi connectivity index (χ1) is 8.22. The second kappa shape index (κ2) is 5.83. The summed E-state index contributed by atoms with van der Waals surface area (Å²) in [5.41, 5.74) is 0. The Bertz CT molecular complexity index is 264. The van der Waals surface area contributed by atoms with Crippen LogP contribution in [0, 0.1) is 5.92 Å². The van der Waals surface area contributed by atoms with Crippen LogP contribution in [0.4, 0.5) is 0 Å². The van der Waals surface area contributed by atoms with Crippen LogP contribution in [0.2, 0.25) is 0 Å². The standard InChI is InChI=1S/C13H24N2O2/c1-3-15(9-11-5-4-8-17-11)13(16)12-6-7-14-10(12)2/h10-12,14H,3-9H2,1-2H3. The first-order valence-electron chi connectivity index (χ1n) is 6.86. The Morgan fingerprint density at radius 3 is 2.82 bits per heavy atom. The van der Waals surface area contributed by atoms with Gasteiger partial charge in [-0.2, -0.15) is 0 Å². The second-order valence-electron chi connectivity index (χ2n) is 5.15. The van der Waals surface area contributed by atoms with E-state index in [1.54, 1.807) is 0 Å². The van der Waals surface area contributed by atoms with Gasteiger partial charge in [-0.3, -0.25) is 4.79 Å². The van der Waals surface area contributed by atoms with Gasteiger partial charge in [0.15, 0.2) is 0 Å². The van der Waals surface area contributed by atoms with Crippen molar-refractivity contribution in [1.29, 1.82) is 0 Å². The average molecular weight is 240 g/mol. The molecule has 2 saturated heterocycles. The van der Waals surface area contributed by atoms with E-state index in [0.717, 1.165) is 45.5 Å². The predicted molar refractivity (Wildman–Crippen MR) is 66.8 cm³/mol. The van der Waals surface area contributed by atoms with Crippen molar-refractivity contribution >= 4 is 5.91 Å². The summed E-state index contributed by atoms with van der Waals surface area (Å²) < 4.78 is 5.62. The molecule has 0 bridgehead atoms. The van der Waals surface area contributed by atoms with E-state index < -0.39 is 0 Å². The molecule has 4 heteroatoms. The van der Waals surface area contributed by atoms with Crippen LogP contribution >= 0.6 is 0 Å². The molecule has 0 aromatic carbocycles. The zero-order valence-electron chi connectivity index (χ0n) is 10.9. The highest BCUT2D eigenvalue weighted by atomic mass is 16.5. The summed E-state index contributed by atoms with van der Waals surface area (Å²) in [4.78, 5) is 14.4. The van der Waals surface area contributed by atoms with Gasteiger partial charge in [0.1, 0.15) is 0 Å². The molecule has 0 saturated carbocycles. The fourth-order valence-electron chi connectivity index (χ4n) is 2.84. The zero-order valence-corrected chi connectivity index (χ0v) is 10.9. The molecule has 0 aromatic heterocycles. The molecular weight excluding hydrogens is 216 g/mol. The Kier molecular flexibility index (Phi) is 4.40. The number of amides is 1. The van der Waals surface area contributed by atoms with Crippen molar-refractivity contribution < 1.29 is 9.53 Å². The van der Waals surface area contributed by atoms with Gasteiger partial charge >= 0.3 is 0 Å². The molecular formula is C13H24N2O2. The molecule has 2 rings (SSSR count). The third-order valence-electron chi connectivity index (χ3n) is 3.98. The molecule has 1 amide bonds. The SMILES string of the molecule is CCN(CC1CCCO1)C(=O)C1CCNC1C. The maximum Gasteiger partial charge on any atom is 0.227 e. The number of likely N-dealkylation sites (N-methyl/N-ethyl adjacent to an activating group) is 1. The first kappa shape index (κ1) is 12.8. The Balaban J connectivity index is 1.89. The number of nitrogens with one attached hydrogen (secondary N) is 1. The van der Waals surface area contributed by atoms with E-state index in [4.69, 9.17) is 4.74 Å². The topological polar surface area (TPSA) is 41.6 Å². The normalized spacial score (nSPS) is 32.9. The van der Waals surface area contributed by atoms with Crippen LogP contribution in [0.25, 0.3) is 0 Å². The highest BCUT2D eigenvalue weighted by Gasteiger charge is 2.33. The van der Waals surface area contributed by atoms with Gasteiger partial charge in [0.05, 0.1) is 12.0 Å². The summed E-state index contributed by atoms with van der Waals surface area (Å²) in [5.74, 6) is 0.469. The summed E-state index contributed by atoms with van der Waals surface area (Å²) >= 11 is 0. The second-order valence-corrected chi connectivity index (χ2v) is 5.15. The molecule has 0 spiro atoms. The van der Waals surface area contributed by atoms with Crippen molar-refractivity contribution in [3.8, 4) is 0 Å². The molecule has 1 N–H and O–H groups in total. The van der Waals surface area contributed by atoms with Crippen LogP contribution in [0.5, 0.6) is 0 Å². The van der Waals surface area contributed by atoms with Crippen molar-refractivity contribution in [3.05, 3.63) is 0 Å². The highest BCUT2D eigenvalue weighted by Crippen LogP contribution is 2.20. The van der Waals surface area contributed by atoms with Crippen LogP contribution < -0.4 is 5.32 Å². The number of ether oxygens (including phenoxy) is 1. The Hall–Kier alpha value is -0.610. The summed E-state index contributed by atoms with van der Waals surface area (Å²) in [5, 5.41) is 3.34. The van der Waals surface area contributed by atoms with Gasteiger partial charge in [0, 0.05) is 25.7 Å². The van der Waals surface area contributed by atoms with E-state index in [1.165, 1.54) is 0 Å². The lowest BCUT2D eigenvalue weighted by molar-refractivity contribution is -0.137. The predicted octanol–water partition coefficient (Wildman–Crippen LogP) is 1.01. The van der Waals surface area contributed by atoms with Crippen molar-refractivity contribution in [2.45, 2.75) is 45.3 Å². The van der Waals surface area contributed by atoms with E-state index in [0.29, 0.717) is 11.9 Å². The maximum absolute atomic E-state index is 12.4. The highest BCUT2D eigenvalue weighted by molar-refractivity contribution is 5.80. The van der Waals surface area contributed by atoms with Gasteiger partial charge in [0.2, 0.25) is 5.91 Å². The minimum Gasteiger partial charge on any atom is -0.376 e. The molecule has 0 aromatic rings. The molecule has 2 heterocycles. The molecule has 98 valence electrons. The largest absolute Gasteiger partial charge is 0.376 e. The molecule has 3 unspecified atom stereocenters. The minimum atomic E-state index is 0.163. The molecule has 2 aliphatic rings. The number of hydrogen-bond acceptors (Lipinski definition) is 3. The number of nitrogens with zero attached hydrogens (tertiary/aromatic N) is 1. The van der Waals surface area contributed by atoms with Crippen LogP contribution in [-0.4, -0.2) is 49.2 Å². The summed E-state index contributed by atoms with van der Waals surface area (Å²) in [7, 11) is 0. The lowest BCUT2D eigenvalue weighted by Gasteiger charge is -2.28. The molecule has 0 aliphatic carbocycles. The first-order valence-corrected chi connectivity index (χ1v) is 6.86. The minimum absolute atomic E-state index is 0.163. The van der Waals surface area contributed by atoms with Gasteiger partial charge in [-0.15, -0.1) is 0 Å². The van der Waals surface area contributed by atoms with E-state index in [-0.39, 0.29) is 12.0 Å². The van der Waals surface area contributed by atoms with Gasteiger partial charge in [0.25, 0.3) is 0 Å². The van der Waals surface area contributed by atoms with Gasteiger partial charge in [-0.25, -0.2) is 0 Å². The van der Waals surface area contributed by atoms with Crippen molar-refractivity contribution in [2.75, 3.05) is 26.2 Å². The van der Waals surface area contributed by atoms with Crippen LogP contribution in [0.15, 0.2) is 0 Å². The van der Waals surface area contributed by atoms with Gasteiger partial charge < -0.3 is 15.0 Å². The number of carbonyl (C=O) groups excluding carboxylic acids is 1. The Labute approximate surface area is 104 Å². The quantitative estimate of drug-likeness (QED) is 0.797. The van der Waals surface area contributed by atoms with Gasteiger partial charge in [-0.1, -0.05) is 0 Å². The van der Waals surface area contributed by atoms with Crippen LogP contribution in [-0.2, 0) is 9.53 Å². The van der Waals surface area contributed by atoms with Crippen LogP contribution in [0.3, 0.4) is 0 Å². The van der Waals surface area contributed by atoms with E-state index >= 15 is 0 Å². The lowest BCUT2D eigenvalue weighted by atomic mass is 10.00. The molecule has 2 fully saturated rings.